The first-order valence-electron chi connectivity index (χ1n) is 10.6. The third-order valence-corrected chi connectivity index (χ3v) is 7.42. The lowest BCUT2D eigenvalue weighted by molar-refractivity contribution is -0.152. The van der Waals surface area contributed by atoms with Crippen molar-refractivity contribution in [2.45, 2.75) is 75.7 Å². The second-order valence-electron chi connectivity index (χ2n) is 7.54. The van der Waals surface area contributed by atoms with E-state index in [2.05, 4.69) is 12.2 Å². The lowest BCUT2D eigenvalue weighted by Gasteiger charge is -2.44. The van der Waals surface area contributed by atoms with Crippen LogP contribution in [0.5, 0.6) is 0 Å². The third kappa shape index (κ3) is 7.28. The number of carboxylic acid groups (broad SMARTS) is 1. The summed E-state index contributed by atoms with van der Waals surface area (Å²) in [7, 11) is 0. The number of carbonyl (C=O) groups is 3. The summed E-state index contributed by atoms with van der Waals surface area (Å²) in [5.74, 6) is -0.171. The van der Waals surface area contributed by atoms with Gasteiger partial charge in [0.2, 0.25) is 11.8 Å². The molecule has 2 aliphatic heterocycles. The molecule has 1 unspecified atom stereocenters. The van der Waals surface area contributed by atoms with Crippen LogP contribution in [0.2, 0.25) is 0 Å². The van der Waals surface area contributed by atoms with Gasteiger partial charge >= 0.3 is 5.97 Å². The van der Waals surface area contributed by atoms with Gasteiger partial charge in [-0.15, -0.1) is 23.1 Å². The van der Waals surface area contributed by atoms with Crippen molar-refractivity contribution < 1.29 is 19.5 Å². The Morgan fingerprint density at radius 2 is 2.10 bits per heavy atom. The molecule has 3 rings (SSSR count). The van der Waals surface area contributed by atoms with Gasteiger partial charge in [-0.25, -0.2) is 0 Å². The van der Waals surface area contributed by atoms with Crippen molar-refractivity contribution in [3.05, 3.63) is 22.4 Å². The highest BCUT2D eigenvalue weighted by Gasteiger charge is 2.54. The Hall–Kier alpha value is -1.58. The first kappa shape index (κ1) is 24.7. The fourth-order valence-electron chi connectivity index (χ4n) is 3.56. The van der Waals surface area contributed by atoms with Crippen molar-refractivity contribution in [3.63, 3.8) is 0 Å². The van der Waals surface area contributed by atoms with Crippen LogP contribution < -0.4 is 11.1 Å². The van der Waals surface area contributed by atoms with E-state index in [9.17, 15) is 14.4 Å². The van der Waals surface area contributed by atoms with E-state index < -0.39 is 12.0 Å². The molecule has 2 saturated heterocycles. The van der Waals surface area contributed by atoms with Crippen LogP contribution in [0.1, 0.15) is 56.7 Å². The molecule has 0 saturated carbocycles. The predicted molar refractivity (Wildman–Crippen MR) is 122 cm³/mol. The maximum absolute atomic E-state index is 12.3. The minimum atomic E-state index is -0.807. The number of aliphatic carboxylic acids is 1. The molecule has 9 heteroatoms. The standard InChI is InChI=1S/C15H18N2O4S2.C6H15N/c18-11(7-9-3-2-6-22-9)16-14-10-8-23-12(17(10)15(14)21)4-1-5-13(19)20;1-2-3-4-5-6-7/h2-3,6,10,12,14H,1,4-5,7-8H2,(H,16,18)(H,19,20);2-7H2,1H3/t10-,12?,14+;/m1./s1. The van der Waals surface area contributed by atoms with E-state index in [1.54, 1.807) is 11.8 Å². The van der Waals surface area contributed by atoms with E-state index in [0.717, 1.165) is 17.2 Å². The number of thiophene rings is 1. The molecular formula is C21H33N3O4S2. The second kappa shape index (κ2) is 13.0. The fourth-order valence-corrected chi connectivity index (χ4v) is 5.79. The van der Waals surface area contributed by atoms with Crippen molar-refractivity contribution in [1.82, 2.24) is 10.2 Å². The monoisotopic (exact) mass is 455 g/mol. The SMILES string of the molecule is CCCCCCN.O=C(O)CCCC1SC[C@@H]2[C@H](NC(=O)Cc3cccs3)C(=O)N12. The van der Waals surface area contributed by atoms with Gasteiger partial charge in [0, 0.05) is 17.1 Å². The summed E-state index contributed by atoms with van der Waals surface area (Å²) in [6, 6.07) is 3.44. The number of amides is 2. The first-order valence-corrected chi connectivity index (χ1v) is 12.6. The molecule has 1 aromatic rings. The van der Waals surface area contributed by atoms with Crippen LogP contribution >= 0.6 is 23.1 Å². The Bertz CT molecular complexity index is 680. The Balaban J connectivity index is 0.000000396. The summed E-state index contributed by atoms with van der Waals surface area (Å²) in [6.45, 7) is 3.07. The predicted octanol–water partition coefficient (Wildman–Crippen LogP) is 2.84. The van der Waals surface area contributed by atoms with Crippen molar-refractivity contribution in [2.75, 3.05) is 12.3 Å². The molecule has 30 heavy (non-hydrogen) atoms. The van der Waals surface area contributed by atoms with Crippen LogP contribution in [0.15, 0.2) is 17.5 Å². The average molecular weight is 456 g/mol. The van der Waals surface area contributed by atoms with Crippen molar-refractivity contribution >= 4 is 40.9 Å². The number of nitrogens with zero attached hydrogens (tertiary/aromatic N) is 1. The molecule has 0 aliphatic carbocycles. The average Bonchev–Trinajstić information content (AvgIpc) is 3.35. The van der Waals surface area contributed by atoms with E-state index >= 15 is 0 Å². The van der Waals surface area contributed by atoms with Crippen LogP contribution in [-0.4, -0.2) is 57.5 Å². The fraction of sp³-hybridized carbons (Fsp3) is 0.667. The number of hydrogen-bond donors (Lipinski definition) is 3. The largest absolute Gasteiger partial charge is 0.481 e. The summed E-state index contributed by atoms with van der Waals surface area (Å²) in [4.78, 5) is 37.7. The zero-order valence-electron chi connectivity index (χ0n) is 17.5. The molecule has 1 aromatic heterocycles. The lowest BCUT2D eigenvalue weighted by Crippen LogP contribution is -2.70. The zero-order chi connectivity index (χ0) is 21.9. The van der Waals surface area contributed by atoms with Gasteiger partial charge < -0.3 is 21.1 Å². The summed E-state index contributed by atoms with van der Waals surface area (Å²) in [6.07, 6.45) is 6.86. The Kier molecular flexibility index (Phi) is 10.7. The van der Waals surface area contributed by atoms with Gasteiger partial charge in [-0.3, -0.25) is 14.4 Å². The van der Waals surface area contributed by atoms with Gasteiger partial charge in [-0.05, 0) is 37.3 Å². The van der Waals surface area contributed by atoms with Gasteiger partial charge in [0.1, 0.15) is 6.04 Å². The lowest BCUT2D eigenvalue weighted by atomic mass is 9.96. The number of nitrogens with one attached hydrogen (secondary N) is 1. The Morgan fingerprint density at radius 1 is 1.30 bits per heavy atom. The summed E-state index contributed by atoms with van der Waals surface area (Å²) in [5.41, 5.74) is 5.27. The van der Waals surface area contributed by atoms with Crippen LogP contribution in [0.25, 0.3) is 0 Å². The summed E-state index contributed by atoms with van der Waals surface area (Å²) in [5, 5.41) is 13.5. The van der Waals surface area contributed by atoms with E-state index in [4.69, 9.17) is 10.8 Å². The molecule has 2 aliphatic rings. The molecule has 0 spiro atoms. The maximum atomic E-state index is 12.3. The number of rotatable bonds is 11. The minimum absolute atomic E-state index is 0.0418. The van der Waals surface area contributed by atoms with E-state index in [-0.39, 0.29) is 29.7 Å². The van der Waals surface area contributed by atoms with E-state index in [1.807, 2.05) is 22.4 Å². The number of thioether (sulfide) groups is 1. The number of β-lactam (4-membered cyclic amide) rings is 1. The van der Waals surface area contributed by atoms with Crippen molar-refractivity contribution in [2.24, 2.45) is 5.73 Å². The number of carboxylic acids is 1. The number of carbonyl (C=O) groups excluding carboxylic acids is 2. The molecule has 0 aromatic carbocycles. The molecule has 4 N–H and O–H groups in total. The zero-order valence-corrected chi connectivity index (χ0v) is 19.2. The minimum Gasteiger partial charge on any atom is -0.481 e. The molecular weight excluding hydrogens is 422 g/mol. The molecule has 7 nitrogen and oxygen atoms in total. The Labute approximate surface area is 186 Å². The van der Waals surface area contributed by atoms with Crippen LogP contribution in [0.3, 0.4) is 0 Å². The van der Waals surface area contributed by atoms with Crippen LogP contribution in [0.4, 0.5) is 0 Å². The van der Waals surface area contributed by atoms with E-state index in [1.165, 1.54) is 37.0 Å². The van der Waals surface area contributed by atoms with Crippen LogP contribution in [-0.2, 0) is 20.8 Å². The highest BCUT2D eigenvalue weighted by molar-refractivity contribution is 8.00. The van der Waals surface area contributed by atoms with Gasteiger partial charge in [-0.1, -0.05) is 32.3 Å². The topological polar surface area (TPSA) is 113 Å². The third-order valence-electron chi connectivity index (χ3n) is 5.16. The second-order valence-corrected chi connectivity index (χ2v) is 9.78. The molecule has 3 heterocycles. The van der Waals surface area contributed by atoms with Gasteiger partial charge in [0.05, 0.1) is 17.8 Å². The molecule has 2 amide bonds. The van der Waals surface area contributed by atoms with Crippen molar-refractivity contribution in [1.29, 1.82) is 0 Å². The molecule has 2 fully saturated rings. The van der Waals surface area contributed by atoms with Gasteiger partial charge in [0.15, 0.2) is 0 Å². The quantitative estimate of drug-likeness (QED) is 0.349. The highest BCUT2D eigenvalue weighted by atomic mass is 32.2. The summed E-state index contributed by atoms with van der Waals surface area (Å²) >= 11 is 3.20. The van der Waals surface area contributed by atoms with Gasteiger partial charge in [0.25, 0.3) is 0 Å². The molecule has 3 atom stereocenters. The number of hydrogen-bond acceptors (Lipinski definition) is 6. The van der Waals surface area contributed by atoms with Crippen LogP contribution in [0, 0.1) is 0 Å². The normalized spacial score (nSPS) is 22.0. The van der Waals surface area contributed by atoms with Crippen molar-refractivity contribution in [3.8, 4) is 0 Å². The molecule has 168 valence electrons. The highest BCUT2D eigenvalue weighted by Crippen LogP contribution is 2.40. The Morgan fingerprint density at radius 3 is 2.73 bits per heavy atom. The molecule has 0 radical (unpaired) electrons. The number of nitrogens with two attached hydrogens (primary N) is 1. The summed E-state index contributed by atoms with van der Waals surface area (Å²) < 4.78 is 0. The first-order chi connectivity index (χ1) is 14.5. The number of unbranched alkanes of at least 4 members (excludes halogenated alkanes) is 3. The maximum Gasteiger partial charge on any atom is 0.303 e. The van der Waals surface area contributed by atoms with Gasteiger partial charge in [-0.2, -0.15) is 0 Å². The number of fused-ring (bicyclic) bond motifs is 1. The molecule has 0 bridgehead atoms. The smallest absolute Gasteiger partial charge is 0.303 e. The van der Waals surface area contributed by atoms with E-state index in [0.29, 0.717) is 19.3 Å².